The molecule has 1 aromatic heterocycles. The van der Waals surface area contributed by atoms with E-state index in [1.54, 1.807) is 6.92 Å². The summed E-state index contributed by atoms with van der Waals surface area (Å²) in [5.74, 6) is 1.29. The van der Waals surface area contributed by atoms with Gasteiger partial charge in [-0.15, -0.1) is 0 Å². The predicted molar refractivity (Wildman–Crippen MR) is 80.6 cm³/mol. The standard InChI is InChI=1S/C15H17N3O3/c1-3-21-13-6-4-5-12(7-13)10-17-15-8-14(18(19)20)11(2)9-16-15/h4-9H,3,10H2,1-2H3,(H,16,17). The normalized spacial score (nSPS) is 10.2. The van der Waals surface area contributed by atoms with Gasteiger partial charge in [0.05, 0.1) is 17.6 Å². The summed E-state index contributed by atoms with van der Waals surface area (Å²) >= 11 is 0. The molecule has 0 bridgehead atoms. The lowest BCUT2D eigenvalue weighted by Crippen LogP contribution is -2.03. The second-order valence-corrected chi connectivity index (χ2v) is 4.55. The molecule has 6 nitrogen and oxygen atoms in total. The van der Waals surface area contributed by atoms with E-state index in [2.05, 4.69) is 10.3 Å². The van der Waals surface area contributed by atoms with E-state index in [-0.39, 0.29) is 5.69 Å². The summed E-state index contributed by atoms with van der Waals surface area (Å²) in [5, 5.41) is 14.0. The lowest BCUT2D eigenvalue weighted by Gasteiger charge is -2.08. The zero-order chi connectivity index (χ0) is 15.2. The number of nitrogens with zero attached hydrogens (tertiary/aromatic N) is 2. The summed E-state index contributed by atoms with van der Waals surface area (Å²) in [6, 6.07) is 9.13. The Hall–Kier alpha value is -2.63. The van der Waals surface area contributed by atoms with Gasteiger partial charge >= 0.3 is 0 Å². The summed E-state index contributed by atoms with van der Waals surface area (Å²) in [7, 11) is 0. The van der Waals surface area contributed by atoms with Crippen LogP contribution in [0.2, 0.25) is 0 Å². The van der Waals surface area contributed by atoms with Gasteiger partial charge in [0.1, 0.15) is 11.6 Å². The summed E-state index contributed by atoms with van der Waals surface area (Å²) in [6.07, 6.45) is 1.50. The van der Waals surface area contributed by atoms with Crippen molar-refractivity contribution in [1.82, 2.24) is 4.98 Å². The van der Waals surface area contributed by atoms with E-state index in [9.17, 15) is 10.1 Å². The van der Waals surface area contributed by atoms with Gasteiger partial charge < -0.3 is 10.1 Å². The number of benzene rings is 1. The highest BCUT2D eigenvalue weighted by Crippen LogP contribution is 2.20. The van der Waals surface area contributed by atoms with Crippen molar-refractivity contribution >= 4 is 11.5 Å². The molecule has 6 heteroatoms. The van der Waals surface area contributed by atoms with Crippen molar-refractivity contribution in [3.05, 3.63) is 57.8 Å². The van der Waals surface area contributed by atoms with Crippen LogP contribution in [0.5, 0.6) is 5.75 Å². The van der Waals surface area contributed by atoms with Crippen LogP contribution < -0.4 is 10.1 Å². The Kier molecular flexibility index (Phi) is 4.71. The van der Waals surface area contributed by atoms with Gasteiger partial charge in [0.2, 0.25) is 0 Å². The highest BCUT2D eigenvalue weighted by Gasteiger charge is 2.11. The van der Waals surface area contributed by atoms with Gasteiger partial charge in [-0.05, 0) is 31.5 Å². The molecule has 2 rings (SSSR count). The van der Waals surface area contributed by atoms with E-state index in [1.165, 1.54) is 12.3 Å². The number of aryl methyl sites for hydroxylation is 1. The van der Waals surface area contributed by atoms with Gasteiger partial charge in [-0.3, -0.25) is 10.1 Å². The average Bonchev–Trinajstić information content (AvgIpc) is 2.47. The smallest absolute Gasteiger partial charge is 0.277 e. The number of hydrogen-bond donors (Lipinski definition) is 1. The Bertz CT molecular complexity index is 644. The predicted octanol–water partition coefficient (Wildman–Crippen LogP) is 3.31. The summed E-state index contributed by atoms with van der Waals surface area (Å²) in [4.78, 5) is 14.6. The molecule has 0 atom stereocenters. The number of nitro groups is 1. The largest absolute Gasteiger partial charge is 0.494 e. The van der Waals surface area contributed by atoms with Gasteiger partial charge in [0, 0.05) is 18.3 Å². The molecule has 0 radical (unpaired) electrons. The van der Waals surface area contributed by atoms with E-state index in [0.29, 0.717) is 24.5 Å². The second-order valence-electron chi connectivity index (χ2n) is 4.55. The van der Waals surface area contributed by atoms with Crippen molar-refractivity contribution in [3.63, 3.8) is 0 Å². The molecule has 2 aromatic rings. The number of aromatic nitrogens is 1. The minimum Gasteiger partial charge on any atom is -0.494 e. The van der Waals surface area contributed by atoms with E-state index in [0.717, 1.165) is 11.3 Å². The van der Waals surface area contributed by atoms with E-state index in [4.69, 9.17) is 4.74 Å². The fourth-order valence-corrected chi connectivity index (χ4v) is 1.91. The second kappa shape index (κ2) is 6.69. The number of rotatable bonds is 6. The Labute approximate surface area is 122 Å². The van der Waals surface area contributed by atoms with Crippen LogP contribution in [-0.4, -0.2) is 16.5 Å². The quantitative estimate of drug-likeness (QED) is 0.651. The highest BCUT2D eigenvalue weighted by molar-refractivity contribution is 5.49. The Morgan fingerprint density at radius 3 is 2.90 bits per heavy atom. The zero-order valence-corrected chi connectivity index (χ0v) is 12.0. The molecule has 21 heavy (non-hydrogen) atoms. The van der Waals surface area contributed by atoms with Crippen LogP contribution in [0.15, 0.2) is 36.5 Å². The SMILES string of the molecule is CCOc1cccc(CNc2cc([N+](=O)[O-])c(C)cn2)c1. The van der Waals surface area contributed by atoms with Gasteiger partial charge in [-0.25, -0.2) is 4.98 Å². The van der Waals surface area contributed by atoms with Crippen molar-refractivity contribution in [2.24, 2.45) is 0 Å². The van der Waals surface area contributed by atoms with Gasteiger partial charge in [-0.1, -0.05) is 12.1 Å². The molecule has 1 N–H and O–H groups in total. The fourth-order valence-electron chi connectivity index (χ4n) is 1.91. The van der Waals surface area contributed by atoms with Crippen molar-refractivity contribution in [2.75, 3.05) is 11.9 Å². The van der Waals surface area contributed by atoms with Crippen molar-refractivity contribution < 1.29 is 9.66 Å². The minimum atomic E-state index is -0.405. The number of pyridine rings is 1. The average molecular weight is 287 g/mol. The number of anilines is 1. The molecule has 0 unspecified atom stereocenters. The third-order valence-corrected chi connectivity index (χ3v) is 2.95. The number of nitrogens with one attached hydrogen (secondary N) is 1. The van der Waals surface area contributed by atoms with Gasteiger partial charge in [0.15, 0.2) is 0 Å². The summed E-state index contributed by atoms with van der Waals surface area (Å²) in [5.41, 5.74) is 1.63. The van der Waals surface area contributed by atoms with Crippen LogP contribution in [0.25, 0.3) is 0 Å². The third-order valence-electron chi connectivity index (χ3n) is 2.95. The summed E-state index contributed by atoms with van der Waals surface area (Å²) < 4.78 is 5.43. The molecule has 0 aliphatic heterocycles. The Morgan fingerprint density at radius 2 is 2.19 bits per heavy atom. The van der Waals surface area contributed by atoms with Crippen LogP contribution >= 0.6 is 0 Å². The van der Waals surface area contributed by atoms with E-state index < -0.39 is 4.92 Å². The van der Waals surface area contributed by atoms with E-state index in [1.807, 2.05) is 31.2 Å². The van der Waals surface area contributed by atoms with Crippen LogP contribution in [-0.2, 0) is 6.54 Å². The first-order valence-electron chi connectivity index (χ1n) is 6.66. The first kappa shape index (κ1) is 14.8. The lowest BCUT2D eigenvalue weighted by molar-refractivity contribution is -0.385. The van der Waals surface area contributed by atoms with Crippen molar-refractivity contribution in [3.8, 4) is 5.75 Å². The summed E-state index contributed by atoms with van der Waals surface area (Å²) in [6.45, 7) is 4.73. The van der Waals surface area contributed by atoms with Crippen molar-refractivity contribution in [1.29, 1.82) is 0 Å². The first-order chi connectivity index (χ1) is 10.1. The molecule has 0 spiro atoms. The molecule has 110 valence electrons. The molecule has 0 saturated heterocycles. The van der Waals surface area contributed by atoms with Crippen LogP contribution in [0.3, 0.4) is 0 Å². The van der Waals surface area contributed by atoms with Gasteiger partial charge in [-0.2, -0.15) is 0 Å². The van der Waals surface area contributed by atoms with Crippen LogP contribution in [0.1, 0.15) is 18.1 Å². The zero-order valence-electron chi connectivity index (χ0n) is 12.0. The molecule has 1 aromatic carbocycles. The lowest BCUT2D eigenvalue weighted by atomic mass is 10.2. The van der Waals surface area contributed by atoms with Gasteiger partial charge in [0.25, 0.3) is 5.69 Å². The molecular weight excluding hydrogens is 270 g/mol. The molecule has 1 heterocycles. The molecule has 0 amide bonds. The molecule has 0 saturated carbocycles. The molecule has 0 aliphatic rings. The molecule has 0 aliphatic carbocycles. The maximum absolute atomic E-state index is 10.9. The first-order valence-corrected chi connectivity index (χ1v) is 6.66. The topological polar surface area (TPSA) is 77.3 Å². The van der Waals surface area contributed by atoms with Crippen molar-refractivity contribution in [2.45, 2.75) is 20.4 Å². The maximum atomic E-state index is 10.9. The fraction of sp³-hybridized carbons (Fsp3) is 0.267. The Balaban J connectivity index is 2.07. The monoisotopic (exact) mass is 287 g/mol. The maximum Gasteiger partial charge on any atom is 0.277 e. The number of ether oxygens (including phenoxy) is 1. The molecule has 0 fully saturated rings. The highest BCUT2D eigenvalue weighted by atomic mass is 16.6. The Morgan fingerprint density at radius 1 is 1.38 bits per heavy atom. The van der Waals surface area contributed by atoms with E-state index >= 15 is 0 Å². The minimum absolute atomic E-state index is 0.0653. The number of hydrogen-bond acceptors (Lipinski definition) is 5. The van der Waals surface area contributed by atoms with Crippen LogP contribution in [0.4, 0.5) is 11.5 Å². The molecular formula is C15H17N3O3. The third kappa shape index (κ3) is 3.92. The van der Waals surface area contributed by atoms with Crippen LogP contribution in [0, 0.1) is 17.0 Å².